The fourth-order valence-electron chi connectivity index (χ4n) is 5.07. The molecule has 1 saturated carbocycles. The van der Waals surface area contributed by atoms with E-state index in [4.69, 9.17) is 9.47 Å². The molecule has 0 radical (unpaired) electrons. The molecular formula is C28H31F4N5O5. The van der Waals surface area contributed by atoms with Crippen molar-refractivity contribution in [3.63, 3.8) is 0 Å². The van der Waals surface area contributed by atoms with Crippen LogP contribution in [-0.4, -0.2) is 56.7 Å². The third kappa shape index (κ3) is 7.04. The Labute approximate surface area is 239 Å². The maximum Gasteiger partial charge on any atom is 0.421 e. The highest BCUT2D eigenvalue weighted by molar-refractivity contribution is 6.03. The van der Waals surface area contributed by atoms with Gasteiger partial charge in [0.1, 0.15) is 11.3 Å². The number of amides is 1. The first-order valence-corrected chi connectivity index (χ1v) is 13.4. The van der Waals surface area contributed by atoms with Crippen LogP contribution < -0.4 is 9.64 Å². The predicted molar refractivity (Wildman–Crippen MR) is 142 cm³/mol. The molecule has 42 heavy (non-hydrogen) atoms. The molecule has 226 valence electrons. The van der Waals surface area contributed by atoms with Gasteiger partial charge in [-0.3, -0.25) is 4.79 Å². The average molecular weight is 594 g/mol. The number of aromatic carboxylic acids is 1. The van der Waals surface area contributed by atoms with E-state index in [1.807, 2.05) is 0 Å². The molecule has 14 heteroatoms. The van der Waals surface area contributed by atoms with E-state index < -0.39 is 64.3 Å². The highest BCUT2D eigenvalue weighted by Crippen LogP contribution is 2.40. The van der Waals surface area contributed by atoms with Crippen molar-refractivity contribution in [1.82, 2.24) is 20.0 Å². The first kappa shape index (κ1) is 30.9. The molecule has 1 aliphatic rings. The molecule has 1 amide bonds. The third-order valence-corrected chi connectivity index (χ3v) is 7.18. The Balaban J connectivity index is 1.72. The summed E-state index contributed by atoms with van der Waals surface area (Å²) in [4.78, 5) is 32.0. The minimum atomic E-state index is -4.90. The molecule has 0 saturated heterocycles. The van der Waals surface area contributed by atoms with Crippen molar-refractivity contribution in [1.29, 1.82) is 0 Å². The van der Waals surface area contributed by atoms with E-state index in [0.717, 1.165) is 46.9 Å². The molecule has 0 spiro atoms. The fourth-order valence-corrected chi connectivity index (χ4v) is 5.07. The Bertz CT molecular complexity index is 1410. The van der Waals surface area contributed by atoms with E-state index in [9.17, 15) is 27.9 Å². The Morgan fingerprint density at radius 2 is 1.81 bits per heavy atom. The number of carbonyl (C=O) groups excluding carboxylic acids is 1. The van der Waals surface area contributed by atoms with Crippen molar-refractivity contribution < 1.29 is 41.7 Å². The smallest absolute Gasteiger partial charge is 0.421 e. The number of methoxy groups -OCH3 is 1. The lowest BCUT2D eigenvalue weighted by Crippen LogP contribution is -2.46. The van der Waals surface area contributed by atoms with Crippen LogP contribution in [0.2, 0.25) is 0 Å². The van der Waals surface area contributed by atoms with Gasteiger partial charge in [0.25, 0.3) is 0 Å². The zero-order chi connectivity index (χ0) is 30.6. The third-order valence-electron chi connectivity index (χ3n) is 7.18. The predicted octanol–water partition coefficient (Wildman–Crippen LogP) is 5.56. The van der Waals surface area contributed by atoms with Crippen LogP contribution in [0.15, 0.2) is 36.8 Å². The van der Waals surface area contributed by atoms with Crippen molar-refractivity contribution in [2.75, 3.05) is 18.6 Å². The molecule has 2 heterocycles. The molecule has 1 aliphatic carbocycles. The average Bonchev–Trinajstić information content (AvgIpc) is 3.43. The SMILES string of the molecule is COC[C@@H](C)N(C(=O)C1CCC(C)CC1)c1c(F)cc(Oc2ncc(Cn3nccn3)cc2C(F)(F)F)cc1C(=O)O. The van der Waals surface area contributed by atoms with Gasteiger partial charge in [-0.2, -0.15) is 28.2 Å². The molecule has 4 rings (SSSR count). The number of carboxylic acid groups (broad SMARTS) is 1. The van der Waals surface area contributed by atoms with Crippen molar-refractivity contribution in [3.05, 3.63) is 59.3 Å². The summed E-state index contributed by atoms with van der Waals surface area (Å²) in [7, 11) is 1.40. The summed E-state index contributed by atoms with van der Waals surface area (Å²) in [5.41, 5.74) is -2.29. The second kappa shape index (κ2) is 12.8. The maximum atomic E-state index is 15.8. The topological polar surface area (TPSA) is 120 Å². The van der Waals surface area contributed by atoms with Crippen molar-refractivity contribution in [2.24, 2.45) is 11.8 Å². The first-order chi connectivity index (χ1) is 19.9. The molecule has 10 nitrogen and oxygen atoms in total. The highest BCUT2D eigenvalue weighted by atomic mass is 19.4. The lowest BCUT2D eigenvalue weighted by atomic mass is 9.82. The van der Waals surface area contributed by atoms with E-state index in [1.54, 1.807) is 6.92 Å². The number of carbonyl (C=O) groups is 2. The minimum Gasteiger partial charge on any atom is -0.478 e. The summed E-state index contributed by atoms with van der Waals surface area (Å²) in [5.74, 6) is -4.63. The Kier molecular flexibility index (Phi) is 9.44. The fraction of sp³-hybridized carbons (Fsp3) is 0.464. The minimum absolute atomic E-state index is 0.00905. The van der Waals surface area contributed by atoms with Gasteiger partial charge in [-0.15, -0.1) is 0 Å². The lowest BCUT2D eigenvalue weighted by molar-refractivity contribution is -0.139. The summed E-state index contributed by atoms with van der Waals surface area (Å²) in [6, 6.07) is 1.68. The van der Waals surface area contributed by atoms with E-state index >= 15 is 4.39 Å². The summed E-state index contributed by atoms with van der Waals surface area (Å²) < 4.78 is 68.1. The second-order valence-corrected chi connectivity index (χ2v) is 10.4. The quantitative estimate of drug-likeness (QED) is 0.303. The number of hydrogen-bond donors (Lipinski definition) is 1. The van der Waals surface area contributed by atoms with Crippen LogP contribution in [0.5, 0.6) is 11.6 Å². The molecule has 1 aromatic carbocycles. The highest BCUT2D eigenvalue weighted by Gasteiger charge is 2.38. The van der Waals surface area contributed by atoms with Crippen molar-refractivity contribution >= 4 is 17.6 Å². The standard InChI is InChI=1S/C28H31F4N5O5/c1-16-4-6-19(7-5-16)26(38)37(17(2)15-41-3)24-21(27(39)40)11-20(12-23(24)29)42-25-22(28(30,31)32)10-18(13-33-25)14-36-34-8-9-35-36/h8-13,16-17,19H,4-7,14-15H2,1-3H3,(H,39,40)/t16?,17-,19?/m1/s1. The van der Waals surface area contributed by atoms with Gasteiger partial charge in [-0.05, 0) is 56.2 Å². The summed E-state index contributed by atoms with van der Waals surface area (Å²) in [5, 5.41) is 17.7. The van der Waals surface area contributed by atoms with Crippen molar-refractivity contribution in [2.45, 2.75) is 58.3 Å². The number of halogens is 4. The Morgan fingerprint density at radius 1 is 1.14 bits per heavy atom. The van der Waals surface area contributed by atoms with Gasteiger partial charge in [0.15, 0.2) is 5.82 Å². The number of nitrogens with zero attached hydrogens (tertiary/aromatic N) is 5. The number of hydrogen-bond acceptors (Lipinski definition) is 7. The van der Waals surface area contributed by atoms with Crippen LogP contribution in [-0.2, 0) is 22.3 Å². The molecule has 0 aliphatic heterocycles. The Morgan fingerprint density at radius 3 is 2.40 bits per heavy atom. The van der Waals surface area contributed by atoms with Crippen LogP contribution in [0.3, 0.4) is 0 Å². The maximum absolute atomic E-state index is 15.8. The summed E-state index contributed by atoms with van der Waals surface area (Å²) in [6.45, 7) is 3.57. The van der Waals surface area contributed by atoms with Crippen LogP contribution >= 0.6 is 0 Å². The monoisotopic (exact) mass is 593 g/mol. The molecule has 3 aromatic rings. The number of carboxylic acids is 1. The number of alkyl halides is 3. The summed E-state index contributed by atoms with van der Waals surface area (Å²) in [6.07, 6.45) is 1.70. The zero-order valence-electron chi connectivity index (χ0n) is 23.3. The first-order valence-electron chi connectivity index (χ1n) is 13.4. The molecule has 0 unspecified atom stereocenters. The lowest BCUT2D eigenvalue weighted by Gasteiger charge is -2.35. The molecule has 1 atom stereocenters. The van der Waals surface area contributed by atoms with Crippen molar-refractivity contribution in [3.8, 4) is 11.6 Å². The van der Waals surface area contributed by atoms with Gasteiger partial charge < -0.3 is 19.5 Å². The van der Waals surface area contributed by atoms with E-state index in [2.05, 4.69) is 22.1 Å². The largest absolute Gasteiger partial charge is 0.478 e. The van der Waals surface area contributed by atoms with Crippen LogP contribution in [0.25, 0.3) is 0 Å². The normalized spacial score (nSPS) is 18.0. The van der Waals surface area contributed by atoms with Gasteiger partial charge in [0.05, 0.1) is 42.8 Å². The van der Waals surface area contributed by atoms with E-state index in [-0.39, 0.29) is 18.7 Å². The summed E-state index contributed by atoms with van der Waals surface area (Å²) >= 11 is 0. The van der Waals surface area contributed by atoms with Gasteiger partial charge in [0, 0.05) is 25.3 Å². The van der Waals surface area contributed by atoms with Gasteiger partial charge in [0.2, 0.25) is 11.8 Å². The molecule has 2 aromatic heterocycles. The zero-order valence-corrected chi connectivity index (χ0v) is 23.3. The number of anilines is 1. The van der Waals surface area contributed by atoms with Crippen LogP contribution in [0.1, 0.15) is 61.0 Å². The number of aromatic nitrogens is 4. The number of benzene rings is 1. The van der Waals surface area contributed by atoms with Gasteiger partial charge in [-0.25, -0.2) is 14.2 Å². The molecular weight excluding hydrogens is 562 g/mol. The Hall–Kier alpha value is -4.07. The number of pyridine rings is 1. The van der Waals surface area contributed by atoms with Crippen LogP contribution in [0.4, 0.5) is 23.2 Å². The molecule has 1 fully saturated rings. The van der Waals surface area contributed by atoms with E-state index in [0.29, 0.717) is 18.8 Å². The molecule has 0 bridgehead atoms. The van der Waals surface area contributed by atoms with Gasteiger partial charge >= 0.3 is 12.1 Å². The van der Waals surface area contributed by atoms with E-state index in [1.165, 1.54) is 19.5 Å². The van der Waals surface area contributed by atoms with Crippen LogP contribution in [0, 0.1) is 17.7 Å². The number of rotatable bonds is 10. The van der Waals surface area contributed by atoms with Gasteiger partial charge in [-0.1, -0.05) is 6.92 Å². The second-order valence-electron chi connectivity index (χ2n) is 10.4. The number of ether oxygens (including phenoxy) is 2. The molecule has 1 N–H and O–H groups in total.